The van der Waals surface area contributed by atoms with E-state index in [0.717, 1.165) is 11.1 Å². The van der Waals surface area contributed by atoms with E-state index >= 15 is 0 Å². The number of nitrogens with zero attached hydrogens (tertiary/aromatic N) is 3. The third kappa shape index (κ3) is 7.49. The number of thioether (sulfide) groups is 1. The van der Waals surface area contributed by atoms with Crippen LogP contribution in [0.25, 0.3) is 0 Å². The lowest BCUT2D eigenvalue weighted by atomic mass is 10.1. The minimum atomic E-state index is -0.842. The van der Waals surface area contributed by atoms with Crippen molar-refractivity contribution in [2.24, 2.45) is 4.99 Å². The van der Waals surface area contributed by atoms with Crippen LogP contribution in [0.15, 0.2) is 107 Å². The molecular weight excluding hydrogens is 566 g/mol. The highest BCUT2D eigenvalue weighted by atomic mass is 32.2. The summed E-state index contributed by atoms with van der Waals surface area (Å²) in [4.78, 5) is 44.6. The fourth-order valence-electron chi connectivity index (χ4n) is 4.18. The maximum atomic E-state index is 13.5. The maximum Gasteiger partial charge on any atom is 0.408 e. The van der Waals surface area contributed by atoms with Crippen molar-refractivity contribution in [3.05, 3.63) is 120 Å². The van der Waals surface area contributed by atoms with Gasteiger partial charge >= 0.3 is 6.09 Å². The van der Waals surface area contributed by atoms with E-state index in [0.29, 0.717) is 27.9 Å². The number of carbonyl (C=O) groups is 3. The first-order valence-electron chi connectivity index (χ1n) is 13.4. The first kappa shape index (κ1) is 29.2. The minimum absolute atomic E-state index is 0.0964. The van der Waals surface area contributed by atoms with Gasteiger partial charge in [-0.05, 0) is 66.6 Å². The molecule has 1 aliphatic heterocycles. The van der Waals surface area contributed by atoms with Gasteiger partial charge in [0.1, 0.15) is 23.7 Å². The lowest BCUT2D eigenvalue weighted by Gasteiger charge is -2.16. The van der Waals surface area contributed by atoms with E-state index in [1.807, 2.05) is 30.3 Å². The second-order valence-electron chi connectivity index (χ2n) is 9.59. The lowest BCUT2D eigenvalue weighted by Crippen LogP contribution is -2.41. The predicted octanol–water partition coefficient (Wildman–Crippen LogP) is 5.91. The summed E-state index contributed by atoms with van der Waals surface area (Å²) in [5.74, 6) is 0.0430. The number of hydrogen-bond donors (Lipinski definition) is 2. The highest BCUT2D eigenvalue weighted by molar-refractivity contribution is 8.15. The van der Waals surface area contributed by atoms with Crippen molar-refractivity contribution in [3.8, 4) is 6.07 Å². The smallest absolute Gasteiger partial charge is 0.408 e. The van der Waals surface area contributed by atoms with Gasteiger partial charge in [-0.3, -0.25) is 14.5 Å². The molecule has 10 nitrogen and oxygen atoms in total. The van der Waals surface area contributed by atoms with Crippen molar-refractivity contribution in [3.63, 3.8) is 0 Å². The number of furan rings is 1. The Morgan fingerprint density at radius 3 is 2.47 bits per heavy atom. The second kappa shape index (κ2) is 13.5. The van der Waals surface area contributed by atoms with Gasteiger partial charge in [0.25, 0.3) is 0 Å². The number of amides is 3. The zero-order valence-electron chi connectivity index (χ0n) is 23.1. The number of benzene rings is 3. The van der Waals surface area contributed by atoms with Gasteiger partial charge in [-0.1, -0.05) is 54.2 Å². The fourth-order valence-corrected chi connectivity index (χ4v) is 5.35. The average Bonchev–Trinajstić information content (AvgIpc) is 3.65. The Morgan fingerprint density at radius 1 is 1.05 bits per heavy atom. The molecule has 11 heteroatoms. The van der Waals surface area contributed by atoms with Gasteiger partial charge in [-0.15, -0.1) is 0 Å². The van der Waals surface area contributed by atoms with E-state index in [1.54, 1.807) is 78.8 Å². The molecule has 2 atom stereocenters. The van der Waals surface area contributed by atoms with Crippen LogP contribution in [-0.2, 0) is 27.5 Å². The summed E-state index contributed by atoms with van der Waals surface area (Å²) in [6, 6.07) is 27.8. The van der Waals surface area contributed by atoms with Crippen LogP contribution < -0.4 is 10.6 Å². The molecule has 3 amide bonds. The molecule has 2 N–H and O–H groups in total. The monoisotopic (exact) mass is 593 g/mol. The van der Waals surface area contributed by atoms with E-state index < -0.39 is 23.3 Å². The summed E-state index contributed by atoms with van der Waals surface area (Å²) >= 11 is 1.31. The molecule has 0 bridgehead atoms. The summed E-state index contributed by atoms with van der Waals surface area (Å²) in [5.41, 5.74) is 3.21. The number of hydrogen-bond acceptors (Lipinski definition) is 8. The molecule has 4 aromatic rings. The van der Waals surface area contributed by atoms with E-state index in [-0.39, 0.29) is 19.1 Å². The molecule has 0 radical (unpaired) electrons. The van der Waals surface area contributed by atoms with Crippen LogP contribution in [0, 0.1) is 11.3 Å². The SMILES string of the molecule is C[C@H](NC(=O)OCc1ccccc1)C(=O)Nc1ccc(C2SC(=Nc3ccc(C#N)cc3)N(Cc3ccco3)C2=O)cc1. The summed E-state index contributed by atoms with van der Waals surface area (Å²) in [5, 5.41) is 14.3. The Hall–Kier alpha value is -5.34. The van der Waals surface area contributed by atoms with Crippen LogP contribution in [0.1, 0.15) is 34.6 Å². The number of carbonyl (C=O) groups excluding carboxylic acids is 3. The first-order chi connectivity index (χ1) is 20.9. The lowest BCUT2D eigenvalue weighted by molar-refractivity contribution is -0.126. The zero-order valence-corrected chi connectivity index (χ0v) is 23.9. The van der Waals surface area contributed by atoms with Crippen LogP contribution in [0.3, 0.4) is 0 Å². The molecule has 3 aromatic carbocycles. The fraction of sp³-hybridized carbons (Fsp3) is 0.156. The molecule has 216 valence electrons. The number of anilines is 1. The molecule has 1 saturated heterocycles. The van der Waals surface area contributed by atoms with Crippen molar-refractivity contribution >= 4 is 46.2 Å². The Labute approximate surface area is 252 Å². The Kier molecular flexibility index (Phi) is 9.19. The molecule has 1 fully saturated rings. The standard InChI is InChI=1S/C32H27N5O5S/c1-21(34-32(40)42-20-23-6-3-2-4-7-23)29(38)35-25-15-11-24(12-16-25)28-30(39)37(19-27-8-5-17-41-27)31(43-28)36-26-13-9-22(18-33)10-14-26/h2-17,21,28H,19-20H2,1H3,(H,34,40)(H,35,38)/t21-,28?/m0/s1. The molecule has 1 unspecified atom stereocenters. The number of alkyl carbamates (subject to hydrolysis) is 1. The topological polar surface area (TPSA) is 137 Å². The van der Waals surface area contributed by atoms with Crippen LogP contribution in [0.2, 0.25) is 0 Å². The van der Waals surface area contributed by atoms with Crippen molar-refractivity contribution in [2.75, 3.05) is 5.32 Å². The molecule has 0 saturated carbocycles. The highest BCUT2D eigenvalue weighted by Gasteiger charge is 2.39. The van der Waals surface area contributed by atoms with Gasteiger partial charge in [-0.2, -0.15) is 5.26 Å². The quantitative estimate of drug-likeness (QED) is 0.246. The Balaban J connectivity index is 1.23. The van der Waals surface area contributed by atoms with Crippen molar-refractivity contribution in [1.82, 2.24) is 10.2 Å². The number of aliphatic imine (C=N–C) groups is 1. The average molecular weight is 594 g/mol. The summed E-state index contributed by atoms with van der Waals surface area (Å²) < 4.78 is 10.7. The molecular formula is C32H27N5O5S. The normalized spacial score (nSPS) is 16.0. The van der Waals surface area contributed by atoms with Gasteiger partial charge in [0.2, 0.25) is 11.8 Å². The summed E-state index contributed by atoms with van der Waals surface area (Å²) in [7, 11) is 0. The first-order valence-corrected chi connectivity index (χ1v) is 14.2. The molecule has 43 heavy (non-hydrogen) atoms. The van der Waals surface area contributed by atoms with Crippen molar-refractivity contribution in [2.45, 2.75) is 31.4 Å². The largest absolute Gasteiger partial charge is 0.467 e. The minimum Gasteiger partial charge on any atom is -0.467 e. The van der Waals surface area contributed by atoms with Crippen molar-refractivity contribution < 1.29 is 23.5 Å². The predicted molar refractivity (Wildman–Crippen MR) is 162 cm³/mol. The van der Waals surface area contributed by atoms with Gasteiger partial charge in [0.05, 0.1) is 30.1 Å². The molecule has 2 heterocycles. The molecule has 0 spiro atoms. The van der Waals surface area contributed by atoms with Gasteiger partial charge in [-0.25, -0.2) is 9.79 Å². The van der Waals surface area contributed by atoms with E-state index in [2.05, 4.69) is 21.7 Å². The van der Waals surface area contributed by atoms with Crippen LogP contribution in [-0.4, -0.2) is 34.0 Å². The Bertz CT molecular complexity index is 1650. The molecule has 1 aromatic heterocycles. The van der Waals surface area contributed by atoms with E-state index in [1.165, 1.54) is 11.8 Å². The van der Waals surface area contributed by atoms with Crippen molar-refractivity contribution in [1.29, 1.82) is 5.26 Å². The highest BCUT2D eigenvalue weighted by Crippen LogP contribution is 2.41. The summed E-state index contributed by atoms with van der Waals surface area (Å²) in [6.07, 6.45) is 0.853. The maximum absolute atomic E-state index is 13.5. The van der Waals surface area contributed by atoms with Gasteiger partial charge in [0, 0.05) is 5.69 Å². The molecule has 1 aliphatic rings. The number of nitriles is 1. The third-order valence-corrected chi connectivity index (χ3v) is 7.71. The zero-order chi connectivity index (χ0) is 30.2. The number of amidine groups is 1. The molecule has 5 rings (SSSR count). The third-order valence-electron chi connectivity index (χ3n) is 6.48. The number of ether oxygens (including phenoxy) is 1. The van der Waals surface area contributed by atoms with E-state index in [9.17, 15) is 14.4 Å². The van der Waals surface area contributed by atoms with Gasteiger partial charge in [0.15, 0.2) is 5.17 Å². The van der Waals surface area contributed by atoms with Crippen LogP contribution in [0.5, 0.6) is 0 Å². The van der Waals surface area contributed by atoms with Gasteiger partial charge < -0.3 is 19.8 Å². The molecule has 0 aliphatic carbocycles. The van der Waals surface area contributed by atoms with Crippen LogP contribution >= 0.6 is 11.8 Å². The van der Waals surface area contributed by atoms with E-state index in [4.69, 9.17) is 14.4 Å². The number of rotatable bonds is 9. The summed E-state index contributed by atoms with van der Waals surface area (Å²) in [6.45, 7) is 1.88. The number of nitrogens with one attached hydrogen (secondary N) is 2. The second-order valence-corrected chi connectivity index (χ2v) is 10.7. The Morgan fingerprint density at radius 2 is 1.79 bits per heavy atom. The van der Waals surface area contributed by atoms with Crippen LogP contribution in [0.4, 0.5) is 16.2 Å².